The second kappa shape index (κ2) is 6.91. The smallest absolute Gasteiger partial charge is 0.317 e. The minimum atomic E-state index is -0.195. The number of aromatic amines is 1. The van der Waals surface area contributed by atoms with Crippen molar-refractivity contribution in [1.29, 1.82) is 0 Å². The predicted molar refractivity (Wildman–Crippen MR) is 90.4 cm³/mol. The zero-order valence-electron chi connectivity index (χ0n) is 14.3. The lowest BCUT2D eigenvalue weighted by Crippen LogP contribution is -2.56. The van der Waals surface area contributed by atoms with E-state index < -0.39 is 0 Å². The fourth-order valence-electron chi connectivity index (χ4n) is 3.79. The zero-order chi connectivity index (χ0) is 16.3. The molecule has 0 saturated carbocycles. The van der Waals surface area contributed by atoms with Crippen molar-refractivity contribution in [2.75, 3.05) is 32.7 Å². The fraction of sp³-hybridized carbons (Fsp3) is 0.765. The van der Waals surface area contributed by atoms with Crippen LogP contribution >= 0.6 is 0 Å². The number of imidazole rings is 1. The number of aromatic nitrogens is 2. The Morgan fingerprint density at radius 3 is 2.83 bits per heavy atom. The lowest BCUT2D eigenvalue weighted by atomic mass is 9.97. The standard InChI is InChI=1S/C17H29N5O/c1-17(2,13-21-9-3-4-10-21)20-16(23)22-11-5-6-14(12-22)15-18-7-8-19-15/h7-8,14H,3-6,9-13H2,1-2H3,(H,18,19)(H,20,23). The molecular weight excluding hydrogens is 290 g/mol. The lowest BCUT2D eigenvalue weighted by Gasteiger charge is -2.36. The molecule has 2 aliphatic heterocycles. The van der Waals surface area contributed by atoms with Crippen LogP contribution in [0.15, 0.2) is 12.4 Å². The Morgan fingerprint density at radius 1 is 1.35 bits per heavy atom. The Balaban J connectivity index is 1.54. The van der Waals surface area contributed by atoms with Crippen LogP contribution in [0, 0.1) is 0 Å². The molecule has 128 valence electrons. The van der Waals surface area contributed by atoms with E-state index in [4.69, 9.17) is 0 Å². The van der Waals surface area contributed by atoms with Crippen molar-refractivity contribution in [3.05, 3.63) is 18.2 Å². The third kappa shape index (κ3) is 4.25. The topological polar surface area (TPSA) is 64.3 Å². The molecule has 1 atom stereocenters. The van der Waals surface area contributed by atoms with Crippen LogP contribution in [0.3, 0.4) is 0 Å². The van der Waals surface area contributed by atoms with Crippen LogP contribution < -0.4 is 5.32 Å². The molecule has 1 aromatic rings. The van der Waals surface area contributed by atoms with Gasteiger partial charge in [-0.25, -0.2) is 9.78 Å². The first-order valence-electron chi connectivity index (χ1n) is 8.82. The first kappa shape index (κ1) is 16.3. The van der Waals surface area contributed by atoms with Gasteiger partial charge in [0.1, 0.15) is 5.82 Å². The van der Waals surface area contributed by atoms with Gasteiger partial charge in [-0.2, -0.15) is 0 Å². The minimum absolute atomic E-state index is 0.0606. The van der Waals surface area contributed by atoms with Crippen molar-refractivity contribution in [2.24, 2.45) is 0 Å². The molecule has 3 rings (SSSR count). The van der Waals surface area contributed by atoms with E-state index in [2.05, 4.69) is 34.0 Å². The molecule has 0 bridgehead atoms. The summed E-state index contributed by atoms with van der Waals surface area (Å²) in [4.78, 5) is 24.6. The number of H-pyrrole nitrogens is 1. The van der Waals surface area contributed by atoms with Crippen LogP contribution in [0.25, 0.3) is 0 Å². The van der Waals surface area contributed by atoms with Crippen LogP contribution in [0.1, 0.15) is 51.3 Å². The van der Waals surface area contributed by atoms with Crippen molar-refractivity contribution in [3.63, 3.8) is 0 Å². The first-order chi connectivity index (χ1) is 11.0. The number of carbonyl (C=O) groups excluding carboxylic acids is 1. The molecule has 6 nitrogen and oxygen atoms in total. The van der Waals surface area contributed by atoms with Gasteiger partial charge in [0.25, 0.3) is 0 Å². The summed E-state index contributed by atoms with van der Waals surface area (Å²) in [6, 6.07) is 0.0606. The third-order valence-electron chi connectivity index (χ3n) is 4.88. The molecular formula is C17H29N5O. The van der Waals surface area contributed by atoms with E-state index >= 15 is 0 Å². The Bertz CT molecular complexity index is 507. The number of nitrogens with zero attached hydrogens (tertiary/aromatic N) is 3. The number of hydrogen-bond acceptors (Lipinski definition) is 3. The van der Waals surface area contributed by atoms with Crippen molar-refractivity contribution in [2.45, 2.75) is 51.0 Å². The van der Waals surface area contributed by atoms with Gasteiger partial charge in [-0.3, -0.25) is 0 Å². The summed E-state index contributed by atoms with van der Waals surface area (Å²) >= 11 is 0. The molecule has 0 aromatic carbocycles. The number of carbonyl (C=O) groups is 1. The van der Waals surface area contributed by atoms with Gasteiger partial charge in [0.05, 0.1) is 0 Å². The zero-order valence-corrected chi connectivity index (χ0v) is 14.3. The number of rotatable bonds is 4. The number of nitrogens with one attached hydrogen (secondary N) is 2. The summed E-state index contributed by atoms with van der Waals surface area (Å²) in [6.45, 7) is 9.07. The quantitative estimate of drug-likeness (QED) is 0.894. The Hall–Kier alpha value is -1.56. The normalized spacial score (nSPS) is 23.2. The molecule has 1 aromatic heterocycles. The van der Waals surface area contributed by atoms with Gasteiger partial charge in [-0.05, 0) is 52.6 Å². The number of amides is 2. The molecule has 2 fully saturated rings. The van der Waals surface area contributed by atoms with Gasteiger partial charge in [-0.1, -0.05) is 0 Å². The number of piperidine rings is 1. The van der Waals surface area contributed by atoms with E-state index in [1.807, 2.05) is 11.1 Å². The molecule has 2 N–H and O–H groups in total. The van der Waals surface area contributed by atoms with E-state index in [-0.39, 0.29) is 11.6 Å². The summed E-state index contributed by atoms with van der Waals surface area (Å²) in [5.74, 6) is 1.32. The highest BCUT2D eigenvalue weighted by atomic mass is 16.2. The first-order valence-corrected chi connectivity index (χ1v) is 8.82. The van der Waals surface area contributed by atoms with Crippen LogP contribution in [0.2, 0.25) is 0 Å². The average Bonchev–Trinajstić information content (AvgIpc) is 3.19. The Labute approximate surface area is 138 Å². The molecule has 1 unspecified atom stereocenters. The SMILES string of the molecule is CC(C)(CN1CCCC1)NC(=O)N1CCCC(c2ncc[nH]2)C1. The van der Waals surface area contributed by atoms with Crippen molar-refractivity contribution in [3.8, 4) is 0 Å². The second-order valence-electron chi connectivity index (χ2n) is 7.56. The molecule has 3 heterocycles. The number of urea groups is 1. The van der Waals surface area contributed by atoms with Crippen LogP contribution in [-0.2, 0) is 0 Å². The fourth-order valence-corrected chi connectivity index (χ4v) is 3.79. The van der Waals surface area contributed by atoms with Gasteiger partial charge >= 0.3 is 6.03 Å². The largest absolute Gasteiger partial charge is 0.348 e. The van der Waals surface area contributed by atoms with E-state index in [0.717, 1.165) is 51.4 Å². The van der Waals surface area contributed by atoms with Crippen molar-refractivity contribution < 1.29 is 4.79 Å². The summed E-state index contributed by atoms with van der Waals surface area (Å²) in [5.41, 5.74) is -0.195. The molecule has 23 heavy (non-hydrogen) atoms. The molecule has 0 spiro atoms. The van der Waals surface area contributed by atoms with Gasteiger partial charge in [0.15, 0.2) is 0 Å². The summed E-state index contributed by atoms with van der Waals surface area (Å²) < 4.78 is 0. The molecule has 0 aliphatic carbocycles. The van der Waals surface area contributed by atoms with Gasteiger partial charge in [0, 0.05) is 43.5 Å². The van der Waals surface area contributed by atoms with E-state index in [1.54, 1.807) is 6.20 Å². The van der Waals surface area contributed by atoms with Crippen molar-refractivity contribution in [1.82, 2.24) is 25.1 Å². The maximum absolute atomic E-state index is 12.7. The van der Waals surface area contributed by atoms with Gasteiger partial charge < -0.3 is 20.1 Å². The highest BCUT2D eigenvalue weighted by molar-refractivity contribution is 5.75. The molecule has 2 aliphatic rings. The average molecular weight is 319 g/mol. The number of likely N-dealkylation sites (tertiary alicyclic amines) is 2. The maximum Gasteiger partial charge on any atom is 0.317 e. The highest BCUT2D eigenvalue weighted by Gasteiger charge is 2.30. The monoisotopic (exact) mass is 319 g/mol. The van der Waals surface area contributed by atoms with Crippen LogP contribution in [0.5, 0.6) is 0 Å². The van der Waals surface area contributed by atoms with Gasteiger partial charge in [0.2, 0.25) is 0 Å². The summed E-state index contributed by atoms with van der Waals surface area (Å²) in [5, 5.41) is 3.23. The summed E-state index contributed by atoms with van der Waals surface area (Å²) in [7, 11) is 0. The summed E-state index contributed by atoms with van der Waals surface area (Å²) in [6.07, 6.45) is 8.32. The molecule has 0 radical (unpaired) electrons. The Morgan fingerprint density at radius 2 is 2.13 bits per heavy atom. The predicted octanol–water partition coefficient (Wildman–Crippen LogP) is 2.17. The minimum Gasteiger partial charge on any atom is -0.348 e. The van der Waals surface area contributed by atoms with Gasteiger partial charge in [-0.15, -0.1) is 0 Å². The Kier molecular flexibility index (Phi) is 4.90. The highest BCUT2D eigenvalue weighted by Crippen LogP contribution is 2.24. The molecule has 2 saturated heterocycles. The van der Waals surface area contributed by atoms with E-state index in [0.29, 0.717) is 5.92 Å². The number of hydrogen-bond donors (Lipinski definition) is 2. The third-order valence-corrected chi connectivity index (χ3v) is 4.88. The van der Waals surface area contributed by atoms with Crippen LogP contribution in [0.4, 0.5) is 4.79 Å². The lowest BCUT2D eigenvalue weighted by molar-refractivity contribution is 0.160. The van der Waals surface area contributed by atoms with Crippen molar-refractivity contribution >= 4 is 6.03 Å². The van der Waals surface area contributed by atoms with E-state index in [1.165, 1.54) is 12.8 Å². The second-order valence-corrected chi connectivity index (χ2v) is 7.56. The molecule has 6 heteroatoms. The maximum atomic E-state index is 12.7. The van der Waals surface area contributed by atoms with Crippen LogP contribution in [-0.4, -0.2) is 64.1 Å². The van der Waals surface area contributed by atoms with E-state index in [9.17, 15) is 4.79 Å². The molecule has 2 amide bonds.